The third-order valence-electron chi connectivity index (χ3n) is 6.03. The van der Waals surface area contributed by atoms with Crippen molar-refractivity contribution >= 4 is 30.1 Å². The average molecular weight is 510 g/mol. The van der Waals surface area contributed by atoms with Crippen molar-refractivity contribution in [3.05, 3.63) is 65.8 Å². The maximum absolute atomic E-state index is 12.2. The van der Waals surface area contributed by atoms with E-state index >= 15 is 0 Å². The van der Waals surface area contributed by atoms with E-state index in [2.05, 4.69) is 28.8 Å². The predicted octanol–water partition coefficient (Wildman–Crippen LogP) is 3.17. The Morgan fingerprint density at radius 2 is 1.89 bits per heavy atom. The Hall–Kier alpha value is -3.92. The van der Waals surface area contributed by atoms with Gasteiger partial charge in [0.15, 0.2) is 6.29 Å². The molecule has 3 amide bonds. The van der Waals surface area contributed by atoms with Crippen LogP contribution in [0.1, 0.15) is 77.8 Å². The second-order valence-electron chi connectivity index (χ2n) is 8.97. The smallest absolute Gasteiger partial charge is 0.293 e. The molecule has 10 nitrogen and oxygen atoms in total. The number of aromatic nitrogens is 2. The summed E-state index contributed by atoms with van der Waals surface area (Å²) in [5.74, 6) is 0.00886. The summed E-state index contributed by atoms with van der Waals surface area (Å²) >= 11 is 0. The fraction of sp³-hybridized carbons (Fsp3) is 0.407. The van der Waals surface area contributed by atoms with Gasteiger partial charge in [-0.15, -0.1) is 0 Å². The van der Waals surface area contributed by atoms with Gasteiger partial charge in [0, 0.05) is 25.9 Å². The molecule has 0 radical (unpaired) electrons. The van der Waals surface area contributed by atoms with Crippen LogP contribution < -0.4 is 10.8 Å². The minimum Gasteiger partial charge on any atom is -0.353 e. The molecule has 1 aliphatic rings. The van der Waals surface area contributed by atoms with E-state index < -0.39 is 5.91 Å². The highest BCUT2D eigenvalue weighted by Gasteiger charge is 2.27. The van der Waals surface area contributed by atoms with Gasteiger partial charge in [0.1, 0.15) is 11.4 Å². The molecule has 198 valence electrons. The normalized spacial score (nSPS) is 16.1. The number of carbonyl (C=O) groups excluding carboxylic acids is 4. The fourth-order valence-electron chi connectivity index (χ4n) is 3.94. The van der Waals surface area contributed by atoms with E-state index in [9.17, 15) is 19.2 Å². The third-order valence-corrected chi connectivity index (χ3v) is 6.03. The lowest BCUT2D eigenvalue weighted by Crippen LogP contribution is -2.28. The van der Waals surface area contributed by atoms with Gasteiger partial charge in [-0.3, -0.25) is 29.4 Å². The first-order valence-corrected chi connectivity index (χ1v) is 12.3. The van der Waals surface area contributed by atoms with Gasteiger partial charge in [-0.1, -0.05) is 38.5 Å². The van der Waals surface area contributed by atoms with Crippen molar-refractivity contribution in [3.63, 3.8) is 0 Å². The summed E-state index contributed by atoms with van der Waals surface area (Å²) in [6.45, 7) is 6.36. The Balaban J connectivity index is 0.000000335. The molecule has 1 saturated heterocycles. The van der Waals surface area contributed by atoms with Gasteiger partial charge in [-0.25, -0.2) is 10.5 Å². The van der Waals surface area contributed by atoms with Gasteiger partial charge in [0.2, 0.25) is 11.8 Å². The molecule has 0 saturated carbocycles. The largest absolute Gasteiger partial charge is 0.353 e. The molecule has 0 aromatic carbocycles. The van der Waals surface area contributed by atoms with Crippen molar-refractivity contribution in [2.45, 2.75) is 58.0 Å². The van der Waals surface area contributed by atoms with Crippen LogP contribution in [0, 0.1) is 5.92 Å². The van der Waals surface area contributed by atoms with Gasteiger partial charge < -0.3 is 10.2 Å². The van der Waals surface area contributed by atoms with Crippen molar-refractivity contribution in [2.24, 2.45) is 5.92 Å². The first-order chi connectivity index (χ1) is 17.8. The quantitative estimate of drug-likeness (QED) is 0.183. The lowest BCUT2D eigenvalue weighted by atomic mass is 9.97. The Morgan fingerprint density at radius 1 is 1.16 bits per heavy atom. The van der Waals surface area contributed by atoms with Gasteiger partial charge in [-0.2, -0.15) is 0 Å². The fourth-order valence-corrected chi connectivity index (χ4v) is 3.94. The minimum absolute atomic E-state index is 0.00194. The molecular formula is C27H35N5O5. The molecule has 3 heterocycles. The molecule has 2 aromatic heterocycles. The van der Waals surface area contributed by atoms with E-state index in [1.165, 1.54) is 23.7 Å². The van der Waals surface area contributed by atoms with Crippen LogP contribution in [0.25, 0.3) is 6.08 Å². The van der Waals surface area contributed by atoms with E-state index in [4.69, 9.17) is 5.21 Å². The molecule has 3 N–H and O–H groups in total. The minimum atomic E-state index is -0.737. The zero-order chi connectivity index (χ0) is 27.2. The second-order valence-corrected chi connectivity index (χ2v) is 8.97. The Morgan fingerprint density at radius 3 is 2.54 bits per heavy atom. The molecule has 37 heavy (non-hydrogen) atoms. The van der Waals surface area contributed by atoms with Crippen LogP contribution in [0.4, 0.5) is 0 Å². The summed E-state index contributed by atoms with van der Waals surface area (Å²) < 4.78 is 0. The molecule has 1 aliphatic heterocycles. The van der Waals surface area contributed by atoms with Crippen LogP contribution in [0.3, 0.4) is 0 Å². The summed E-state index contributed by atoms with van der Waals surface area (Å²) in [5, 5.41) is 11.3. The number of hydroxylamine groups is 1. The Bertz CT molecular complexity index is 1090. The summed E-state index contributed by atoms with van der Waals surface area (Å²) in [6, 6.07) is 10.4. The van der Waals surface area contributed by atoms with Gasteiger partial charge >= 0.3 is 0 Å². The summed E-state index contributed by atoms with van der Waals surface area (Å²) in [6.07, 6.45) is 7.40. The van der Waals surface area contributed by atoms with Crippen molar-refractivity contribution in [3.8, 4) is 0 Å². The van der Waals surface area contributed by atoms with Crippen LogP contribution in [-0.2, 0) is 16.1 Å². The highest BCUT2D eigenvalue weighted by molar-refractivity contribution is 5.92. The van der Waals surface area contributed by atoms with E-state index in [0.29, 0.717) is 37.6 Å². The van der Waals surface area contributed by atoms with Crippen LogP contribution >= 0.6 is 0 Å². The number of unbranched alkanes of at least 4 members (excludes halogenated alkanes) is 2. The van der Waals surface area contributed by atoms with E-state index in [1.54, 1.807) is 11.0 Å². The Labute approximate surface area is 217 Å². The lowest BCUT2D eigenvalue weighted by molar-refractivity contribution is -0.130. The van der Waals surface area contributed by atoms with Crippen molar-refractivity contribution in [1.82, 2.24) is 25.7 Å². The second kappa shape index (κ2) is 15.2. The molecule has 2 atom stereocenters. The van der Waals surface area contributed by atoms with E-state index in [-0.39, 0.29) is 23.2 Å². The number of amides is 3. The zero-order valence-corrected chi connectivity index (χ0v) is 21.4. The van der Waals surface area contributed by atoms with E-state index in [1.807, 2.05) is 25.2 Å². The number of nitrogens with one attached hydrogen (secondary N) is 2. The maximum Gasteiger partial charge on any atom is 0.293 e. The van der Waals surface area contributed by atoms with Crippen LogP contribution in [-0.4, -0.2) is 57.2 Å². The highest BCUT2D eigenvalue weighted by atomic mass is 16.5. The molecule has 3 rings (SSSR count). The van der Waals surface area contributed by atoms with Crippen LogP contribution in [0.15, 0.2) is 43.0 Å². The monoisotopic (exact) mass is 509 g/mol. The van der Waals surface area contributed by atoms with Crippen molar-refractivity contribution < 1.29 is 24.4 Å². The van der Waals surface area contributed by atoms with Crippen LogP contribution in [0.5, 0.6) is 0 Å². The number of hydrogen-bond acceptors (Lipinski definition) is 7. The number of rotatable bonds is 11. The van der Waals surface area contributed by atoms with Crippen molar-refractivity contribution in [2.75, 3.05) is 7.05 Å². The zero-order valence-electron chi connectivity index (χ0n) is 21.4. The molecule has 0 bridgehead atoms. The molecule has 0 aliphatic carbocycles. The van der Waals surface area contributed by atoms with Gasteiger partial charge in [0.05, 0.1) is 17.9 Å². The lowest BCUT2D eigenvalue weighted by Gasteiger charge is -2.17. The highest BCUT2D eigenvalue weighted by Crippen LogP contribution is 2.20. The molecule has 1 fully saturated rings. The molecule has 0 spiro atoms. The molecule has 10 heteroatoms. The predicted molar refractivity (Wildman–Crippen MR) is 138 cm³/mol. The first kappa shape index (κ1) is 29.3. The summed E-state index contributed by atoms with van der Waals surface area (Å²) in [4.78, 5) is 54.3. The SMILES string of the molecule is C=Cc1cccc(CN(C)C(=O)CCCCC[C@H]2NC(=O)C[C@H]2C)n1.O=Cc1cccc(C(=O)NO)n1. The van der Waals surface area contributed by atoms with Crippen LogP contribution in [0.2, 0.25) is 0 Å². The van der Waals surface area contributed by atoms with Gasteiger partial charge in [0.25, 0.3) is 5.91 Å². The van der Waals surface area contributed by atoms with E-state index in [0.717, 1.165) is 37.1 Å². The number of hydrogen-bond donors (Lipinski definition) is 3. The number of carbonyl (C=O) groups is 4. The number of aldehydes is 1. The molecular weight excluding hydrogens is 474 g/mol. The topological polar surface area (TPSA) is 142 Å². The maximum atomic E-state index is 12.2. The standard InChI is InChI=1S/C20H29N3O2.C7H6N2O3/c1-4-16-9-8-10-17(21-16)14-23(3)20(25)12-7-5-6-11-18-15(2)13-19(24)22-18;10-4-5-2-1-3-6(8-5)7(11)9-12/h4,8-10,15,18H,1,5-7,11-14H2,2-3H3,(H,22,24);1-4,12H,(H,9,11)/t15-,18-;/m1./s1. The Kier molecular flexibility index (Phi) is 12.1. The third kappa shape index (κ3) is 9.92. The number of pyridine rings is 2. The first-order valence-electron chi connectivity index (χ1n) is 12.3. The molecule has 0 unspecified atom stereocenters. The van der Waals surface area contributed by atoms with Crippen molar-refractivity contribution in [1.29, 1.82) is 0 Å². The summed E-state index contributed by atoms with van der Waals surface area (Å²) in [5.41, 5.74) is 3.27. The summed E-state index contributed by atoms with van der Waals surface area (Å²) in [7, 11) is 1.82. The van der Waals surface area contributed by atoms with Gasteiger partial charge in [-0.05, 0) is 49.1 Å². The number of nitrogens with zero attached hydrogens (tertiary/aromatic N) is 3. The average Bonchev–Trinajstić information content (AvgIpc) is 3.24. The molecule has 2 aromatic rings.